The number of ketones is 1. The topological polar surface area (TPSA) is 60.7 Å². The third-order valence-corrected chi connectivity index (χ3v) is 5.65. The van der Waals surface area contributed by atoms with Crippen LogP contribution in [0.15, 0.2) is 35.7 Å². The fourth-order valence-electron chi connectivity index (χ4n) is 3.22. The van der Waals surface area contributed by atoms with Crippen LogP contribution in [0.4, 0.5) is 0 Å². The Hall–Kier alpha value is -2.21. The third kappa shape index (κ3) is 2.60. The lowest BCUT2D eigenvalue weighted by atomic mass is 10.0. The van der Waals surface area contributed by atoms with Crippen LogP contribution < -0.4 is 0 Å². The van der Waals surface area contributed by atoms with E-state index >= 15 is 0 Å². The maximum atomic E-state index is 12.8. The first kappa shape index (κ1) is 15.3. The molecule has 1 aliphatic rings. The number of thioether (sulfide) groups is 1. The molecule has 0 aliphatic heterocycles. The molecule has 0 bridgehead atoms. The molecular weight excluding hydrogens is 320 g/mol. The van der Waals surface area contributed by atoms with Gasteiger partial charge in [-0.1, -0.05) is 23.9 Å². The lowest BCUT2D eigenvalue weighted by molar-refractivity contribution is 0.0994. The van der Waals surface area contributed by atoms with Gasteiger partial charge in [-0.15, -0.1) is 0 Å². The van der Waals surface area contributed by atoms with Gasteiger partial charge in [0.2, 0.25) is 0 Å². The van der Waals surface area contributed by atoms with Crippen LogP contribution in [0.5, 0.6) is 0 Å². The average Bonchev–Trinajstić information content (AvgIpc) is 3.21. The minimum atomic E-state index is -0.206. The van der Waals surface area contributed by atoms with Crippen LogP contribution in [0.1, 0.15) is 34.8 Å². The van der Waals surface area contributed by atoms with Crippen LogP contribution in [0.2, 0.25) is 0 Å². The molecule has 6 heteroatoms. The van der Waals surface area contributed by atoms with Gasteiger partial charge in [-0.3, -0.25) is 9.48 Å². The molecule has 0 radical (unpaired) electrons. The Morgan fingerprint density at radius 2 is 2.08 bits per heavy atom. The molecule has 122 valence electrons. The largest absolute Gasteiger partial charge is 0.293 e. The average molecular weight is 338 g/mol. The van der Waals surface area contributed by atoms with Crippen molar-refractivity contribution in [3.05, 3.63) is 47.4 Å². The van der Waals surface area contributed by atoms with Gasteiger partial charge < -0.3 is 0 Å². The Bertz CT molecular complexity index is 934. The van der Waals surface area contributed by atoms with E-state index in [1.54, 1.807) is 10.9 Å². The summed E-state index contributed by atoms with van der Waals surface area (Å²) in [4.78, 5) is 21.4. The van der Waals surface area contributed by atoms with Crippen molar-refractivity contribution >= 4 is 28.6 Å². The van der Waals surface area contributed by atoms with E-state index in [4.69, 9.17) is 0 Å². The standard InChI is InChI=1S/C18H18N4OS/c1-11(16(23)14-7-6-12-4-3-5-13(12)8-14)24-18-15-9-21-22(2)17(15)19-10-20-18/h6-11H,3-5H2,1-2H3/t11-/m1/s1. The molecule has 2 heterocycles. The summed E-state index contributed by atoms with van der Waals surface area (Å²) >= 11 is 1.47. The second-order valence-corrected chi connectivity index (χ2v) is 7.48. The summed E-state index contributed by atoms with van der Waals surface area (Å²) < 4.78 is 1.72. The Morgan fingerprint density at radius 1 is 1.25 bits per heavy atom. The van der Waals surface area contributed by atoms with Gasteiger partial charge in [0.05, 0.1) is 16.8 Å². The highest BCUT2D eigenvalue weighted by molar-refractivity contribution is 8.00. The molecule has 3 aromatic rings. The van der Waals surface area contributed by atoms with Gasteiger partial charge >= 0.3 is 0 Å². The molecule has 5 nitrogen and oxygen atoms in total. The summed E-state index contributed by atoms with van der Waals surface area (Å²) in [6.07, 6.45) is 6.69. The zero-order chi connectivity index (χ0) is 16.7. The highest BCUT2D eigenvalue weighted by Crippen LogP contribution is 2.30. The number of nitrogens with zero attached hydrogens (tertiary/aromatic N) is 4. The number of fused-ring (bicyclic) bond motifs is 2. The van der Waals surface area contributed by atoms with E-state index in [1.807, 2.05) is 20.0 Å². The number of carbonyl (C=O) groups is 1. The van der Waals surface area contributed by atoms with E-state index in [1.165, 1.54) is 35.6 Å². The maximum Gasteiger partial charge on any atom is 0.175 e. The van der Waals surface area contributed by atoms with Gasteiger partial charge in [-0.05, 0) is 43.4 Å². The number of hydrogen-bond donors (Lipinski definition) is 0. The summed E-state index contributed by atoms with van der Waals surface area (Å²) in [5.74, 6) is 0.144. The molecule has 0 saturated carbocycles. The van der Waals surface area contributed by atoms with Gasteiger partial charge in [0.25, 0.3) is 0 Å². The number of rotatable bonds is 4. The first-order valence-corrected chi connectivity index (χ1v) is 8.97. The highest BCUT2D eigenvalue weighted by atomic mass is 32.2. The Balaban J connectivity index is 1.59. The summed E-state index contributed by atoms with van der Waals surface area (Å²) in [6.45, 7) is 1.94. The first-order valence-electron chi connectivity index (χ1n) is 8.09. The van der Waals surface area contributed by atoms with E-state index in [2.05, 4.69) is 27.2 Å². The summed E-state index contributed by atoms with van der Waals surface area (Å²) in [6, 6.07) is 6.14. The summed E-state index contributed by atoms with van der Waals surface area (Å²) in [5, 5.41) is 5.70. The molecular formula is C18H18N4OS. The van der Waals surface area contributed by atoms with Crippen molar-refractivity contribution in [2.75, 3.05) is 0 Å². The van der Waals surface area contributed by atoms with E-state index in [0.717, 1.165) is 34.5 Å². The van der Waals surface area contributed by atoms with Gasteiger partial charge in [0, 0.05) is 12.6 Å². The van der Waals surface area contributed by atoms with Crippen LogP contribution in [-0.2, 0) is 19.9 Å². The minimum absolute atomic E-state index is 0.144. The summed E-state index contributed by atoms with van der Waals surface area (Å²) in [7, 11) is 1.85. The second kappa shape index (κ2) is 6.02. The van der Waals surface area contributed by atoms with Crippen molar-refractivity contribution in [1.29, 1.82) is 0 Å². The molecule has 4 rings (SSSR count). The number of hydrogen-bond acceptors (Lipinski definition) is 5. The quantitative estimate of drug-likeness (QED) is 0.415. The predicted octanol–water partition coefficient (Wildman–Crippen LogP) is 3.22. The molecule has 1 aromatic carbocycles. The van der Waals surface area contributed by atoms with E-state index in [9.17, 15) is 4.79 Å². The van der Waals surface area contributed by atoms with Crippen LogP contribution >= 0.6 is 11.8 Å². The van der Waals surface area contributed by atoms with Gasteiger partial charge in [-0.2, -0.15) is 5.10 Å². The number of aromatic nitrogens is 4. The molecule has 0 N–H and O–H groups in total. The zero-order valence-electron chi connectivity index (χ0n) is 13.7. The number of benzene rings is 1. The molecule has 0 spiro atoms. The van der Waals surface area contributed by atoms with Crippen molar-refractivity contribution in [2.24, 2.45) is 7.05 Å². The van der Waals surface area contributed by atoms with Crippen molar-refractivity contribution in [3.8, 4) is 0 Å². The summed E-state index contributed by atoms with van der Waals surface area (Å²) in [5.41, 5.74) is 4.30. The Kier molecular flexibility index (Phi) is 3.84. The monoisotopic (exact) mass is 338 g/mol. The molecule has 0 saturated heterocycles. The van der Waals surface area contributed by atoms with Crippen molar-refractivity contribution in [2.45, 2.75) is 36.5 Å². The van der Waals surface area contributed by atoms with Gasteiger partial charge in [-0.25, -0.2) is 9.97 Å². The molecule has 0 unspecified atom stereocenters. The van der Waals surface area contributed by atoms with Gasteiger partial charge in [0.15, 0.2) is 11.4 Å². The van der Waals surface area contributed by atoms with Crippen molar-refractivity contribution in [1.82, 2.24) is 19.7 Å². The maximum absolute atomic E-state index is 12.8. The highest BCUT2D eigenvalue weighted by Gasteiger charge is 2.21. The van der Waals surface area contributed by atoms with Gasteiger partial charge in [0.1, 0.15) is 11.4 Å². The first-order chi connectivity index (χ1) is 11.6. The van der Waals surface area contributed by atoms with Crippen LogP contribution in [-0.4, -0.2) is 30.8 Å². The van der Waals surface area contributed by atoms with E-state index < -0.39 is 0 Å². The third-order valence-electron chi connectivity index (χ3n) is 4.53. The minimum Gasteiger partial charge on any atom is -0.293 e. The van der Waals surface area contributed by atoms with Crippen molar-refractivity contribution < 1.29 is 4.79 Å². The van der Waals surface area contributed by atoms with Crippen LogP contribution in [0.25, 0.3) is 11.0 Å². The van der Waals surface area contributed by atoms with E-state index in [0.29, 0.717) is 0 Å². The smallest absolute Gasteiger partial charge is 0.175 e. The van der Waals surface area contributed by atoms with Crippen LogP contribution in [0, 0.1) is 0 Å². The Morgan fingerprint density at radius 3 is 2.96 bits per heavy atom. The fraction of sp³-hybridized carbons (Fsp3) is 0.333. The molecule has 24 heavy (non-hydrogen) atoms. The number of aryl methyl sites for hydroxylation is 3. The molecule has 1 atom stereocenters. The Labute approximate surface area is 144 Å². The van der Waals surface area contributed by atoms with E-state index in [-0.39, 0.29) is 11.0 Å². The predicted molar refractivity (Wildman–Crippen MR) is 94.4 cm³/mol. The van der Waals surface area contributed by atoms with Crippen LogP contribution in [0.3, 0.4) is 0 Å². The second-order valence-electron chi connectivity index (χ2n) is 6.15. The lowest BCUT2D eigenvalue weighted by Gasteiger charge is -2.11. The normalized spacial score (nSPS) is 14.8. The molecule has 0 amide bonds. The molecule has 0 fully saturated rings. The zero-order valence-corrected chi connectivity index (χ0v) is 14.5. The molecule has 2 aromatic heterocycles. The number of carbonyl (C=O) groups excluding carboxylic acids is 1. The lowest BCUT2D eigenvalue weighted by Crippen LogP contribution is -2.14. The number of Topliss-reactive ketones (excluding diaryl/α,β-unsaturated/α-hetero) is 1. The van der Waals surface area contributed by atoms with Crippen molar-refractivity contribution in [3.63, 3.8) is 0 Å². The SMILES string of the molecule is C[C@@H](Sc1ncnc2c1cnn2C)C(=O)c1ccc2c(c1)CCC2. The molecule has 1 aliphatic carbocycles. The fourth-order valence-corrected chi connectivity index (χ4v) is 4.17.